The summed E-state index contributed by atoms with van der Waals surface area (Å²) >= 11 is 0. The number of ether oxygens (including phenoxy) is 1. The van der Waals surface area contributed by atoms with Crippen molar-refractivity contribution in [3.63, 3.8) is 0 Å². The number of hydrogen-bond donors (Lipinski definition) is 1. The van der Waals surface area contributed by atoms with Crippen LogP contribution in [0.1, 0.15) is 17.4 Å². The van der Waals surface area contributed by atoms with Crippen molar-refractivity contribution in [2.24, 2.45) is 0 Å². The van der Waals surface area contributed by atoms with E-state index in [4.69, 9.17) is 9.15 Å². The van der Waals surface area contributed by atoms with Crippen molar-refractivity contribution in [3.05, 3.63) is 89.4 Å². The van der Waals surface area contributed by atoms with Crippen LogP contribution < -0.4 is 9.64 Å². The van der Waals surface area contributed by atoms with Crippen LogP contribution in [0.4, 0.5) is 14.5 Å². The van der Waals surface area contributed by atoms with E-state index in [0.29, 0.717) is 5.75 Å². The number of rotatable bonds is 4. The average molecular weight is 411 g/mol. The van der Waals surface area contributed by atoms with Gasteiger partial charge in [-0.05, 0) is 36.4 Å². The highest BCUT2D eigenvalue weighted by molar-refractivity contribution is 6.51. The molecule has 0 saturated carbocycles. The first kappa shape index (κ1) is 19.4. The van der Waals surface area contributed by atoms with Gasteiger partial charge in [0, 0.05) is 11.6 Å². The molecule has 4 rings (SSSR count). The monoisotopic (exact) mass is 411 g/mol. The minimum atomic E-state index is -1.29. The Kier molecular flexibility index (Phi) is 4.83. The predicted molar refractivity (Wildman–Crippen MR) is 103 cm³/mol. The number of hydrogen-bond acceptors (Lipinski definition) is 5. The molecular weight excluding hydrogens is 396 g/mol. The Balaban J connectivity index is 1.95. The van der Waals surface area contributed by atoms with Crippen LogP contribution in [0.3, 0.4) is 0 Å². The molecule has 0 bridgehead atoms. The van der Waals surface area contributed by atoms with Crippen LogP contribution in [0.2, 0.25) is 0 Å². The number of halogens is 2. The van der Waals surface area contributed by atoms with Crippen LogP contribution in [0.15, 0.2) is 70.9 Å². The lowest BCUT2D eigenvalue weighted by Gasteiger charge is -2.23. The molecule has 0 aliphatic carbocycles. The topological polar surface area (TPSA) is 80.0 Å². The molecule has 0 spiro atoms. The zero-order valence-electron chi connectivity index (χ0n) is 15.6. The SMILES string of the molecule is COc1cccc(/C(O)=C2/C(=O)C(=O)N(c3cc(F)ccc3F)C2c2ccco2)c1. The molecule has 8 heteroatoms. The van der Waals surface area contributed by atoms with E-state index in [1.54, 1.807) is 12.1 Å². The summed E-state index contributed by atoms with van der Waals surface area (Å²) in [5, 5.41) is 10.9. The number of methoxy groups -OCH3 is 1. The first-order valence-corrected chi connectivity index (χ1v) is 8.86. The van der Waals surface area contributed by atoms with Gasteiger partial charge in [-0.3, -0.25) is 14.5 Å². The molecule has 1 unspecified atom stereocenters. The minimum absolute atomic E-state index is 0.0994. The number of carbonyl (C=O) groups is 2. The number of benzene rings is 2. The van der Waals surface area contributed by atoms with Gasteiger partial charge in [0.15, 0.2) is 0 Å². The molecule has 2 heterocycles. The summed E-state index contributed by atoms with van der Waals surface area (Å²) in [5.41, 5.74) is -0.543. The van der Waals surface area contributed by atoms with Gasteiger partial charge in [0.05, 0.1) is 24.6 Å². The zero-order valence-corrected chi connectivity index (χ0v) is 15.6. The van der Waals surface area contributed by atoms with Crippen molar-refractivity contribution in [2.75, 3.05) is 12.0 Å². The Labute approximate surface area is 169 Å². The van der Waals surface area contributed by atoms with Crippen molar-refractivity contribution in [3.8, 4) is 5.75 Å². The fourth-order valence-corrected chi connectivity index (χ4v) is 3.39. The Hall–Kier alpha value is -3.94. The van der Waals surface area contributed by atoms with Gasteiger partial charge in [0.25, 0.3) is 11.7 Å². The zero-order chi connectivity index (χ0) is 21.4. The third-order valence-electron chi connectivity index (χ3n) is 4.77. The number of carbonyl (C=O) groups excluding carboxylic acids is 2. The molecule has 1 amide bonds. The predicted octanol–water partition coefficient (Wildman–Crippen LogP) is 4.19. The highest BCUT2D eigenvalue weighted by Gasteiger charge is 2.49. The number of anilines is 1. The summed E-state index contributed by atoms with van der Waals surface area (Å²) in [7, 11) is 1.44. The Morgan fingerprint density at radius 2 is 1.90 bits per heavy atom. The van der Waals surface area contributed by atoms with E-state index in [0.717, 1.165) is 23.1 Å². The van der Waals surface area contributed by atoms with Gasteiger partial charge in [0.1, 0.15) is 34.9 Å². The van der Waals surface area contributed by atoms with Crippen LogP contribution >= 0.6 is 0 Å². The van der Waals surface area contributed by atoms with Crippen LogP contribution in [-0.4, -0.2) is 23.9 Å². The summed E-state index contributed by atoms with van der Waals surface area (Å²) in [6.45, 7) is 0. The second-order valence-electron chi connectivity index (χ2n) is 6.51. The normalized spacial score (nSPS) is 18.1. The van der Waals surface area contributed by atoms with E-state index < -0.39 is 40.8 Å². The lowest BCUT2D eigenvalue weighted by Crippen LogP contribution is -2.30. The molecule has 1 atom stereocenters. The third-order valence-corrected chi connectivity index (χ3v) is 4.77. The van der Waals surface area contributed by atoms with Gasteiger partial charge in [0.2, 0.25) is 0 Å². The molecule has 152 valence electrons. The lowest BCUT2D eigenvalue weighted by atomic mass is 9.99. The maximum atomic E-state index is 14.5. The van der Waals surface area contributed by atoms with Crippen LogP contribution in [-0.2, 0) is 9.59 Å². The smallest absolute Gasteiger partial charge is 0.300 e. The standard InChI is InChI=1S/C22H15F2NO5/c1-29-14-5-2-4-12(10-14)20(26)18-19(17-6-3-9-30-17)25(22(28)21(18)27)16-11-13(23)7-8-15(16)24/h2-11,19,26H,1H3/b20-18-. The molecule has 2 aromatic carbocycles. The van der Waals surface area contributed by atoms with E-state index in [2.05, 4.69) is 0 Å². The second kappa shape index (κ2) is 7.47. The molecule has 3 aromatic rings. The van der Waals surface area contributed by atoms with Gasteiger partial charge >= 0.3 is 0 Å². The molecule has 0 radical (unpaired) electrons. The maximum absolute atomic E-state index is 14.5. The summed E-state index contributed by atoms with van der Waals surface area (Å²) in [6, 6.07) is 10.5. The Morgan fingerprint density at radius 1 is 1.10 bits per heavy atom. The molecule has 1 fully saturated rings. The van der Waals surface area contributed by atoms with E-state index in [9.17, 15) is 23.5 Å². The fourth-order valence-electron chi connectivity index (χ4n) is 3.39. The van der Waals surface area contributed by atoms with Crippen LogP contribution in [0.5, 0.6) is 5.75 Å². The summed E-state index contributed by atoms with van der Waals surface area (Å²) in [5.74, 6) is -3.85. The van der Waals surface area contributed by atoms with Crippen molar-refractivity contribution < 1.29 is 32.6 Å². The lowest BCUT2D eigenvalue weighted by molar-refractivity contribution is -0.132. The van der Waals surface area contributed by atoms with E-state index in [1.165, 1.54) is 37.6 Å². The fraction of sp³-hybridized carbons (Fsp3) is 0.0909. The number of nitrogens with zero attached hydrogens (tertiary/aromatic N) is 1. The molecular formula is C22H15F2NO5. The number of furan rings is 1. The summed E-state index contributed by atoms with van der Waals surface area (Å²) in [4.78, 5) is 26.5. The van der Waals surface area contributed by atoms with Gasteiger partial charge in [-0.25, -0.2) is 8.78 Å². The van der Waals surface area contributed by atoms with Crippen LogP contribution in [0, 0.1) is 11.6 Å². The number of Topliss-reactive ketones (excluding diaryl/α,β-unsaturated/α-hetero) is 1. The molecule has 1 aliphatic rings. The van der Waals surface area contributed by atoms with Crippen molar-refractivity contribution in [2.45, 2.75) is 6.04 Å². The van der Waals surface area contributed by atoms with E-state index in [1.807, 2.05) is 0 Å². The first-order valence-electron chi connectivity index (χ1n) is 8.86. The van der Waals surface area contributed by atoms with E-state index >= 15 is 0 Å². The van der Waals surface area contributed by atoms with Crippen molar-refractivity contribution in [1.82, 2.24) is 0 Å². The summed E-state index contributed by atoms with van der Waals surface area (Å²) < 4.78 is 38.8. The van der Waals surface area contributed by atoms with Crippen molar-refractivity contribution in [1.29, 1.82) is 0 Å². The molecule has 30 heavy (non-hydrogen) atoms. The second-order valence-corrected chi connectivity index (χ2v) is 6.51. The number of amides is 1. The molecule has 1 aliphatic heterocycles. The maximum Gasteiger partial charge on any atom is 0.300 e. The Morgan fingerprint density at radius 3 is 2.60 bits per heavy atom. The van der Waals surface area contributed by atoms with Gasteiger partial charge in [-0.2, -0.15) is 0 Å². The Bertz CT molecular complexity index is 1170. The van der Waals surface area contributed by atoms with E-state index in [-0.39, 0.29) is 16.9 Å². The number of aliphatic hydroxyl groups is 1. The minimum Gasteiger partial charge on any atom is -0.507 e. The molecule has 1 saturated heterocycles. The van der Waals surface area contributed by atoms with Gasteiger partial charge in [-0.1, -0.05) is 12.1 Å². The number of ketones is 1. The highest BCUT2D eigenvalue weighted by Crippen LogP contribution is 2.43. The number of aliphatic hydroxyl groups excluding tert-OH is 1. The largest absolute Gasteiger partial charge is 0.507 e. The van der Waals surface area contributed by atoms with Gasteiger partial charge in [-0.15, -0.1) is 0 Å². The molecule has 1 N–H and O–H groups in total. The quantitative estimate of drug-likeness (QED) is 0.396. The molecule has 6 nitrogen and oxygen atoms in total. The summed E-state index contributed by atoms with van der Waals surface area (Å²) in [6.07, 6.45) is 1.31. The third kappa shape index (κ3) is 3.12. The van der Waals surface area contributed by atoms with Gasteiger partial charge < -0.3 is 14.3 Å². The van der Waals surface area contributed by atoms with Crippen LogP contribution in [0.25, 0.3) is 5.76 Å². The van der Waals surface area contributed by atoms with Crippen molar-refractivity contribution >= 4 is 23.1 Å². The molecule has 1 aromatic heterocycles. The average Bonchev–Trinajstić information content (AvgIpc) is 3.37. The highest BCUT2D eigenvalue weighted by atomic mass is 19.1. The first-order chi connectivity index (χ1) is 14.4.